The fraction of sp³-hybridized carbons (Fsp3) is 0.200. The average Bonchev–Trinajstić information content (AvgIpc) is 1.68. The number of rotatable bonds is 1. The molecule has 37 valence electrons. The average molecular weight is 96.1 g/mol. The zero-order chi connectivity index (χ0) is 5.70. The fourth-order valence-corrected chi connectivity index (χ4v) is 0.148. The van der Waals surface area contributed by atoms with Crippen molar-refractivity contribution in [3.05, 3.63) is 6.42 Å². The van der Waals surface area contributed by atoms with E-state index in [1.54, 1.807) is 0 Å². The maximum Gasteiger partial charge on any atom is 0.236 e. The van der Waals surface area contributed by atoms with Crippen molar-refractivity contribution in [3.63, 3.8) is 0 Å². The van der Waals surface area contributed by atoms with E-state index in [9.17, 15) is 4.79 Å². The van der Waals surface area contributed by atoms with Crippen LogP contribution < -0.4 is 5.32 Å². The Morgan fingerprint density at radius 1 is 2.00 bits per heavy atom. The van der Waals surface area contributed by atoms with Crippen LogP contribution in [0.25, 0.3) is 0 Å². The highest BCUT2D eigenvalue weighted by Gasteiger charge is 1.88. The first-order valence-electron chi connectivity index (χ1n) is 1.82. The van der Waals surface area contributed by atoms with Crippen LogP contribution >= 0.6 is 0 Å². The van der Waals surface area contributed by atoms with Gasteiger partial charge in [0.1, 0.15) is 6.42 Å². The van der Waals surface area contributed by atoms with E-state index in [-0.39, 0.29) is 5.91 Å². The Labute approximate surface area is 42.9 Å². The molecule has 0 spiro atoms. The van der Waals surface area contributed by atoms with Crippen molar-refractivity contribution in [1.29, 1.82) is 0 Å². The lowest BCUT2D eigenvalue weighted by molar-refractivity contribution is -0.116. The van der Waals surface area contributed by atoms with Crippen LogP contribution in [0.3, 0.4) is 0 Å². The van der Waals surface area contributed by atoms with Gasteiger partial charge in [0.25, 0.3) is 0 Å². The molecule has 0 saturated heterocycles. The van der Waals surface area contributed by atoms with E-state index in [1.807, 2.05) is 0 Å². The van der Waals surface area contributed by atoms with Gasteiger partial charge in [-0.05, 0) is 0 Å². The molecule has 1 amide bonds. The van der Waals surface area contributed by atoms with Gasteiger partial charge in [-0.2, -0.15) is 0 Å². The maximum atomic E-state index is 10.1. The van der Waals surface area contributed by atoms with Crippen LogP contribution in [-0.4, -0.2) is 13.0 Å². The lowest BCUT2D eigenvalue weighted by Crippen LogP contribution is -2.16. The zero-order valence-electron chi connectivity index (χ0n) is 4.06. The summed E-state index contributed by atoms with van der Waals surface area (Å²) in [4.78, 5) is 10.1. The number of hydrogen-bond acceptors (Lipinski definition) is 1. The molecule has 7 heavy (non-hydrogen) atoms. The molecule has 0 bridgehead atoms. The van der Waals surface area contributed by atoms with Crippen molar-refractivity contribution in [2.24, 2.45) is 0 Å². The van der Waals surface area contributed by atoms with Crippen molar-refractivity contribution >= 4 is 5.91 Å². The molecule has 2 heteroatoms. The lowest BCUT2D eigenvalue weighted by Gasteiger charge is -1.86. The molecule has 0 aliphatic rings. The van der Waals surface area contributed by atoms with Crippen molar-refractivity contribution in [1.82, 2.24) is 5.32 Å². The third kappa shape index (κ3) is 2.84. The van der Waals surface area contributed by atoms with Gasteiger partial charge in [0, 0.05) is 7.05 Å². The van der Waals surface area contributed by atoms with E-state index in [2.05, 4.69) is 11.2 Å². The standard InChI is InChI=1S/C5H6NO/c1-3-4-5(7)6-2/h1,4H,2H3,(H,6,7). The highest BCUT2D eigenvalue weighted by Crippen LogP contribution is 1.66. The van der Waals surface area contributed by atoms with Crippen molar-refractivity contribution in [3.8, 4) is 12.3 Å². The topological polar surface area (TPSA) is 29.1 Å². The molecule has 1 radical (unpaired) electrons. The number of carbonyl (C=O) groups excluding carboxylic acids is 1. The predicted molar refractivity (Wildman–Crippen MR) is 27.2 cm³/mol. The monoisotopic (exact) mass is 96.0 g/mol. The van der Waals surface area contributed by atoms with E-state index in [0.717, 1.165) is 6.42 Å². The second kappa shape index (κ2) is 3.23. The molecule has 0 aromatic heterocycles. The first-order chi connectivity index (χ1) is 3.31. The summed E-state index contributed by atoms with van der Waals surface area (Å²) in [6.07, 6.45) is 5.86. The molecular formula is C5H6NO. The normalized spacial score (nSPS) is 6.86. The molecule has 0 aliphatic heterocycles. The minimum Gasteiger partial charge on any atom is -0.358 e. The number of hydrogen-bond donors (Lipinski definition) is 1. The smallest absolute Gasteiger partial charge is 0.236 e. The van der Waals surface area contributed by atoms with Crippen molar-refractivity contribution in [2.75, 3.05) is 7.05 Å². The molecule has 0 aromatic rings. The molecule has 0 rings (SSSR count). The van der Waals surface area contributed by atoms with Gasteiger partial charge >= 0.3 is 0 Å². The maximum absolute atomic E-state index is 10.1. The molecular weight excluding hydrogens is 90.1 g/mol. The first-order valence-corrected chi connectivity index (χ1v) is 1.82. The summed E-state index contributed by atoms with van der Waals surface area (Å²) < 4.78 is 0. The van der Waals surface area contributed by atoms with Gasteiger partial charge in [-0.25, -0.2) is 0 Å². The summed E-state index contributed by atoms with van der Waals surface area (Å²) in [5, 5.41) is 2.33. The van der Waals surface area contributed by atoms with Crippen LogP contribution in [-0.2, 0) is 4.79 Å². The Kier molecular flexibility index (Phi) is 2.78. The van der Waals surface area contributed by atoms with Gasteiger partial charge in [-0.15, -0.1) is 6.42 Å². The Morgan fingerprint density at radius 3 is 2.71 bits per heavy atom. The predicted octanol–water partition coefficient (Wildman–Crippen LogP) is -0.430. The number of carbonyl (C=O) groups is 1. The van der Waals surface area contributed by atoms with E-state index in [1.165, 1.54) is 7.05 Å². The number of nitrogens with one attached hydrogen (secondary N) is 1. The van der Waals surface area contributed by atoms with Gasteiger partial charge in [0.2, 0.25) is 5.91 Å². The minimum absolute atomic E-state index is 0.234. The molecule has 0 fully saturated rings. The van der Waals surface area contributed by atoms with E-state index in [0.29, 0.717) is 0 Å². The Balaban J connectivity index is 3.23. The molecule has 0 saturated carbocycles. The summed E-state index contributed by atoms with van der Waals surface area (Å²) in [6.45, 7) is 0. The second-order valence-corrected chi connectivity index (χ2v) is 0.925. The van der Waals surface area contributed by atoms with Crippen LogP contribution in [0, 0.1) is 18.8 Å². The van der Waals surface area contributed by atoms with Crippen LogP contribution in [0.2, 0.25) is 0 Å². The van der Waals surface area contributed by atoms with Crippen LogP contribution in [0.15, 0.2) is 0 Å². The Bertz CT molecular complexity index is 101. The molecule has 2 nitrogen and oxygen atoms in total. The van der Waals surface area contributed by atoms with Gasteiger partial charge < -0.3 is 5.32 Å². The first kappa shape index (κ1) is 6.03. The van der Waals surface area contributed by atoms with Gasteiger partial charge in [0.15, 0.2) is 0 Å². The Morgan fingerprint density at radius 2 is 2.57 bits per heavy atom. The largest absolute Gasteiger partial charge is 0.358 e. The minimum atomic E-state index is -0.234. The van der Waals surface area contributed by atoms with E-state index in [4.69, 9.17) is 6.42 Å². The lowest BCUT2D eigenvalue weighted by atomic mass is 10.4. The third-order valence-corrected chi connectivity index (χ3v) is 0.461. The molecule has 1 N–H and O–H groups in total. The Hall–Kier alpha value is -0.970. The van der Waals surface area contributed by atoms with E-state index < -0.39 is 0 Å². The number of amides is 1. The summed E-state index contributed by atoms with van der Waals surface area (Å²) in [5.74, 6) is 1.85. The summed E-state index contributed by atoms with van der Waals surface area (Å²) >= 11 is 0. The highest BCUT2D eigenvalue weighted by atomic mass is 16.1. The quantitative estimate of drug-likeness (QED) is 0.441. The second-order valence-electron chi connectivity index (χ2n) is 0.925. The van der Waals surface area contributed by atoms with Crippen molar-refractivity contribution < 1.29 is 4.79 Å². The molecule has 0 atom stereocenters. The van der Waals surface area contributed by atoms with Crippen LogP contribution in [0.5, 0.6) is 0 Å². The highest BCUT2D eigenvalue weighted by molar-refractivity contribution is 5.87. The molecule has 0 aromatic carbocycles. The molecule has 0 aliphatic carbocycles. The van der Waals surface area contributed by atoms with Crippen LogP contribution in [0.4, 0.5) is 0 Å². The number of terminal acetylenes is 1. The van der Waals surface area contributed by atoms with Crippen molar-refractivity contribution in [2.45, 2.75) is 0 Å². The van der Waals surface area contributed by atoms with Gasteiger partial charge in [0.05, 0.1) is 0 Å². The van der Waals surface area contributed by atoms with Crippen LogP contribution in [0.1, 0.15) is 0 Å². The summed E-state index contributed by atoms with van der Waals surface area (Å²) in [7, 11) is 1.52. The molecule has 0 heterocycles. The molecule has 0 unspecified atom stereocenters. The summed E-state index contributed by atoms with van der Waals surface area (Å²) in [5.41, 5.74) is 0. The van der Waals surface area contributed by atoms with E-state index >= 15 is 0 Å². The zero-order valence-corrected chi connectivity index (χ0v) is 4.06. The third-order valence-electron chi connectivity index (χ3n) is 0.461. The van der Waals surface area contributed by atoms with Gasteiger partial charge in [-0.3, -0.25) is 4.79 Å². The fourth-order valence-electron chi connectivity index (χ4n) is 0.148. The SMILES string of the molecule is C#C[CH]C(=O)NC. The summed E-state index contributed by atoms with van der Waals surface area (Å²) in [6, 6.07) is 0. The van der Waals surface area contributed by atoms with Gasteiger partial charge in [-0.1, -0.05) is 5.92 Å².